The van der Waals surface area contributed by atoms with Gasteiger partial charge < -0.3 is 17.1 Å². The topological polar surface area (TPSA) is 35.2 Å². The Balaban J connectivity index is 0.00000161. The minimum atomic E-state index is 0. The average molecular weight is 303 g/mol. The van der Waals surface area contributed by atoms with E-state index >= 15 is 0 Å². The summed E-state index contributed by atoms with van der Waals surface area (Å²) in [5.74, 6) is 2.03. The molecular formula is C17H19ClN2O. The molecule has 2 aromatic carbocycles. The number of para-hydroxylation sites is 1. The predicted octanol–water partition coefficient (Wildman–Crippen LogP) is -2.26. The number of rotatable bonds is 5. The molecule has 21 heavy (non-hydrogen) atoms. The smallest absolute Gasteiger partial charge is 0.281 e. The van der Waals surface area contributed by atoms with E-state index < -0.39 is 0 Å². The van der Waals surface area contributed by atoms with Crippen molar-refractivity contribution in [1.29, 1.82) is 0 Å². The zero-order valence-corrected chi connectivity index (χ0v) is 12.6. The number of hydrogen-bond acceptors (Lipinski definition) is 2. The van der Waals surface area contributed by atoms with Crippen LogP contribution >= 0.6 is 0 Å². The van der Waals surface area contributed by atoms with E-state index in [1.165, 1.54) is 11.1 Å². The highest BCUT2D eigenvalue weighted by Crippen LogP contribution is 2.21. The second-order valence-corrected chi connectivity index (χ2v) is 4.89. The Kier molecular flexibility index (Phi) is 5.64. The van der Waals surface area contributed by atoms with Crippen molar-refractivity contribution in [3.8, 4) is 5.75 Å². The van der Waals surface area contributed by atoms with E-state index in [1.807, 2.05) is 18.2 Å². The van der Waals surface area contributed by atoms with Crippen LogP contribution in [-0.2, 0) is 6.42 Å². The van der Waals surface area contributed by atoms with Gasteiger partial charge in [-0.15, -0.1) is 0 Å². The number of hydrogen-bond donors (Lipinski definition) is 2. The fourth-order valence-corrected chi connectivity index (χ4v) is 2.35. The fourth-order valence-electron chi connectivity index (χ4n) is 2.35. The third kappa shape index (κ3) is 4.23. The molecule has 110 valence electrons. The van der Waals surface area contributed by atoms with E-state index in [2.05, 4.69) is 46.7 Å². The van der Waals surface area contributed by atoms with Crippen molar-refractivity contribution in [2.75, 3.05) is 19.7 Å². The predicted molar refractivity (Wildman–Crippen MR) is 80.0 cm³/mol. The Morgan fingerprint density at radius 3 is 2.52 bits per heavy atom. The van der Waals surface area contributed by atoms with E-state index in [0.29, 0.717) is 6.61 Å². The monoisotopic (exact) mass is 302 g/mol. The molecule has 0 unspecified atom stereocenters. The van der Waals surface area contributed by atoms with Crippen molar-refractivity contribution in [2.24, 2.45) is 0 Å². The van der Waals surface area contributed by atoms with Gasteiger partial charge in [0.15, 0.2) is 6.61 Å². The SMILES string of the molecule is [Cl-].c1ccc(Cc2ccccc2OCC2=[NH+]CCN2)cc1. The molecule has 0 bridgehead atoms. The Morgan fingerprint density at radius 1 is 1.00 bits per heavy atom. The van der Waals surface area contributed by atoms with Crippen LogP contribution in [-0.4, -0.2) is 25.5 Å². The molecule has 1 heterocycles. The normalized spacial score (nSPS) is 13.0. The zero-order chi connectivity index (χ0) is 13.6. The van der Waals surface area contributed by atoms with E-state index in [9.17, 15) is 0 Å². The van der Waals surface area contributed by atoms with Crippen LogP contribution in [0.5, 0.6) is 5.75 Å². The largest absolute Gasteiger partial charge is 1.00 e. The van der Waals surface area contributed by atoms with Gasteiger partial charge in [0.1, 0.15) is 18.8 Å². The number of nitrogens with one attached hydrogen (secondary N) is 2. The molecule has 0 saturated carbocycles. The highest BCUT2D eigenvalue weighted by molar-refractivity contribution is 5.78. The lowest BCUT2D eigenvalue weighted by Gasteiger charge is -2.10. The van der Waals surface area contributed by atoms with Crippen LogP contribution in [0.25, 0.3) is 0 Å². The van der Waals surface area contributed by atoms with Crippen LogP contribution in [0.4, 0.5) is 0 Å². The molecule has 0 aliphatic carbocycles. The number of ether oxygens (including phenoxy) is 1. The molecule has 0 amide bonds. The second kappa shape index (κ2) is 7.70. The molecule has 0 spiro atoms. The molecule has 3 rings (SSSR count). The van der Waals surface area contributed by atoms with Crippen LogP contribution in [0.3, 0.4) is 0 Å². The summed E-state index contributed by atoms with van der Waals surface area (Å²) in [7, 11) is 0. The molecule has 0 fully saturated rings. The van der Waals surface area contributed by atoms with Crippen molar-refractivity contribution in [3.05, 3.63) is 65.7 Å². The molecule has 0 atom stereocenters. The molecule has 0 aromatic heterocycles. The molecule has 1 aliphatic heterocycles. The van der Waals surface area contributed by atoms with E-state index in [1.54, 1.807) is 0 Å². The van der Waals surface area contributed by atoms with Gasteiger partial charge >= 0.3 is 0 Å². The molecule has 2 N–H and O–H groups in total. The first-order chi connectivity index (χ1) is 9.92. The van der Waals surface area contributed by atoms with Gasteiger partial charge in [0, 0.05) is 6.42 Å². The molecule has 2 aromatic rings. The summed E-state index contributed by atoms with van der Waals surface area (Å²) < 4.78 is 5.93. The molecule has 0 radical (unpaired) electrons. The van der Waals surface area contributed by atoms with E-state index in [-0.39, 0.29) is 12.4 Å². The third-order valence-corrected chi connectivity index (χ3v) is 3.38. The maximum Gasteiger partial charge on any atom is 0.281 e. The van der Waals surface area contributed by atoms with Crippen LogP contribution in [0.2, 0.25) is 0 Å². The summed E-state index contributed by atoms with van der Waals surface area (Å²) >= 11 is 0. The van der Waals surface area contributed by atoms with E-state index in [4.69, 9.17) is 4.74 Å². The zero-order valence-electron chi connectivity index (χ0n) is 11.8. The lowest BCUT2D eigenvalue weighted by molar-refractivity contribution is -0.446. The summed E-state index contributed by atoms with van der Waals surface area (Å²) in [5, 5.41) is 3.28. The van der Waals surface area contributed by atoms with Crippen molar-refractivity contribution >= 4 is 5.84 Å². The van der Waals surface area contributed by atoms with Crippen LogP contribution in [0.1, 0.15) is 11.1 Å². The number of halogens is 1. The van der Waals surface area contributed by atoms with Gasteiger partial charge in [0.25, 0.3) is 5.84 Å². The highest BCUT2D eigenvalue weighted by Gasteiger charge is 2.13. The van der Waals surface area contributed by atoms with Crippen molar-refractivity contribution in [1.82, 2.24) is 5.32 Å². The lowest BCUT2D eigenvalue weighted by atomic mass is 10.0. The molecular weight excluding hydrogens is 284 g/mol. The maximum absolute atomic E-state index is 5.93. The van der Waals surface area contributed by atoms with Gasteiger partial charge in [0.2, 0.25) is 0 Å². The highest BCUT2D eigenvalue weighted by atomic mass is 35.5. The molecule has 4 heteroatoms. The first-order valence-electron chi connectivity index (χ1n) is 7.00. The Hall–Kier alpha value is -2.00. The summed E-state index contributed by atoms with van der Waals surface area (Å²) in [4.78, 5) is 3.28. The fraction of sp³-hybridized carbons (Fsp3) is 0.235. The van der Waals surface area contributed by atoms with Gasteiger partial charge in [0.05, 0.1) is 0 Å². The van der Waals surface area contributed by atoms with Crippen molar-refractivity contribution in [2.45, 2.75) is 6.42 Å². The van der Waals surface area contributed by atoms with E-state index in [0.717, 1.165) is 31.1 Å². The minimum Gasteiger partial charge on any atom is -1.00 e. The standard InChI is InChI=1S/C17H18N2O.ClH/c1-2-6-14(7-3-1)12-15-8-4-5-9-16(15)20-13-17-18-10-11-19-17;/h1-9H,10-13H2,(H,18,19);1H. The lowest BCUT2D eigenvalue weighted by Crippen LogP contribution is -3.00. The maximum atomic E-state index is 5.93. The Labute approximate surface area is 131 Å². The van der Waals surface area contributed by atoms with Crippen LogP contribution in [0.15, 0.2) is 54.6 Å². The number of benzene rings is 2. The second-order valence-electron chi connectivity index (χ2n) is 4.89. The Bertz CT molecular complexity index is 599. The molecule has 0 saturated heterocycles. The summed E-state index contributed by atoms with van der Waals surface area (Å²) in [5.41, 5.74) is 2.52. The minimum absolute atomic E-state index is 0. The van der Waals surface area contributed by atoms with Crippen molar-refractivity contribution < 1.29 is 22.1 Å². The van der Waals surface area contributed by atoms with Gasteiger partial charge in [-0.3, -0.25) is 10.3 Å². The quantitative estimate of drug-likeness (QED) is 0.654. The van der Waals surface area contributed by atoms with Gasteiger partial charge in [-0.25, -0.2) is 0 Å². The van der Waals surface area contributed by atoms with Crippen LogP contribution < -0.4 is 27.5 Å². The van der Waals surface area contributed by atoms with Gasteiger partial charge in [-0.2, -0.15) is 0 Å². The Morgan fingerprint density at radius 2 is 1.76 bits per heavy atom. The average Bonchev–Trinajstić information content (AvgIpc) is 3.01. The van der Waals surface area contributed by atoms with Gasteiger partial charge in [-0.1, -0.05) is 48.5 Å². The van der Waals surface area contributed by atoms with Crippen molar-refractivity contribution in [3.63, 3.8) is 0 Å². The first-order valence-corrected chi connectivity index (χ1v) is 7.00. The molecule has 1 aliphatic rings. The molecule has 3 nitrogen and oxygen atoms in total. The van der Waals surface area contributed by atoms with Crippen LogP contribution in [0, 0.1) is 0 Å². The number of amidine groups is 1. The third-order valence-electron chi connectivity index (χ3n) is 3.38. The summed E-state index contributed by atoms with van der Waals surface area (Å²) in [6.07, 6.45) is 0.896. The summed E-state index contributed by atoms with van der Waals surface area (Å²) in [6.45, 7) is 2.53. The van der Waals surface area contributed by atoms with Gasteiger partial charge in [-0.05, 0) is 17.2 Å². The first kappa shape index (κ1) is 15.4. The summed E-state index contributed by atoms with van der Waals surface area (Å²) in [6, 6.07) is 18.7.